The van der Waals surface area contributed by atoms with Gasteiger partial charge in [0.05, 0.1) is 16.2 Å². The van der Waals surface area contributed by atoms with Crippen molar-refractivity contribution >= 4 is 9.84 Å². The second kappa shape index (κ2) is 5.38. The molecule has 2 N–H and O–H groups in total. The minimum atomic E-state index is -3.16. The van der Waals surface area contributed by atoms with Crippen molar-refractivity contribution in [3.63, 3.8) is 0 Å². The number of benzene rings is 1. The van der Waals surface area contributed by atoms with E-state index in [-0.39, 0.29) is 11.3 Å². The van der Waals surface area contributed by atoms with Crippen molar-refractivity contribution in [2.24, 2.45) is 5.73 Å². The number of nitrogens with two attached hydrogens (primary N) is 1. The zero-order chi connectivity index (χ0) is 15.1. The van der Waals surface area contributed by atoms with Crippen LogP contribution in [0.1, 0.15) is 38.2 Å². The molecule has 116 valence electrons. The van der Waals surface area contributed by atoms with Crippen LogP contribution in [-0.4, -0.2) is 38.2 Å². The van der Waals surface area contributed by atoms with Gasteiger partial charge in [0.25, 0.3) is 0 Å². The summed E-state index contributed by atoms with van der Waals surface area (Å²) in [5.41, 5.74) is 6.79. The van der Waals surface area contributed by atoms with Crippen LogP contribution >= 0.6 is 0 Å². The molecular formula is C16H24N2O2S. The van der Waals surface area contributed by atoms with E-state index < -0.39 is 9.84 Å². The van der Waals surface area contributed by atoms with Gasteiger partial charge < -0.3 is 5.73 Å². The molecule has 4 nitrogen and oxygen atoms in total. The summed E-state index contributed by atoms with van der Waals surface area (Å²) in [6.45, 7) is 3.72. The fourth-order valence-corrected chi connectivity index (χ4v) is 5.74. The third-order valence-electron chi connectivity index (χ3n) is 5.20. The predicted molar refractivity (Wildman–Crippen MR) is 83.9 cm³/mol. The lowest BCUT2D eigenvalue weighted by molar-refractivity contribution is 0.0204. The summed E-state index contributed by atoms with van der Waals surface area (Å²) in [5.74, 6) is 0.199. The minimum absolute atomic E-state index is 0.199. The van der Waals surface area contributed by atoms with Crippen LogP contribution in [0.4, 0.5) is 0 Å². The molecule has 0 saturated carbocycles. The molecule has 2 atom stereocenters. The maximum atomic E-state index is 12.4. The third-order valence-corrected chi connectivity index (χ3v) is 6.97. The van der Waals surface area contributed by atoms with Gasteiger partial charge in [0.15, 0.2) is 9.84 Å². The number of likely N-dealkylation sites (tertiary alicyclic amines) is 1. The highest BCUT2D eigenvalue weighted by molar-refractivity contribution is 7.91. The van der Waals surface area contributed by atoms with Gasteiger partial charge in [-0.2, -0.15) is 0 Å². The molecule has 1 saturated heterocycles. The molecule has 2 heterocycles. The van der Waals surface area contributed by atoms with E-state index in [0.29, 0.717) is 23.9 Å². The Morgan fingerprint density at radius 2 is 2.10 bits per heavy atom. The second-order valence-corrected chi connectivity index (χ2v) is 8.42. The van der Waals surface area contributed by atoms with Crippen LogP contribution < -0.4 is 5.73 Å². The van der Waals surface area contributed by atoms with Crippen LogP contribution in [-0.2, 0) is 15.4 Å². The Kier molecular flexibility index (Phi) is 3.84. The summed E-state index contributed by atoms with van der Waals surface area (Å²) in [6, 6.07) is 7.89. The van der Waals surface area contributed by atoms with Crippen molar-refractivity contribution in [1.82, 2.24) is 4.90 Å². The smallest absolute Gasteiger partial charge is 0.178 e. The fraction of sp³-hybridized carbons (Fsp3) is 0.625. The van der Waals surface area contributed by atoms with Gasteiger partial charge in [0, 0.05) is 12.6 Å². The predicted octanol–water partition coefficient (Wildman–Crippen LogP) is 1.89. The van der Waals surface area contributed by atoms with E-state index in [9.17, 15) is 8.42 Å². The average molecular weight is 308 g/mol. The first-order valence-corrected chi connectivity index (χ1v) is 9.45. The summed E-state index contributed by atoms with van der Waals surface area (Å²) in [6.07, 6.45) is 4.18. The van der Waals surface area contributed by atoms with E-state index in [1.807, 2.05) is 18.2 Å². The Balaban J connectivity index is 2.15. The molecule has 2 unspecified atom stereocenters. The first-order valence-electron chi connectivity index (χ1n) is 7.80. The molecule has 0 aromatic heterocycles. The normalized spacial score (nSPS) is 32.6. The van der Waals surface area contributed by atoms with E-state index >= 15 is 0 Å². The van der Waals surface area contributed by atoms with Gasteiger partial charge in [-0.25, -0.2) is 8.42 Å². The topological polar surface area (TPSA) is 63.4 Å². The van der Waals surface area contributed by atoms with Gasteiger partial charge >= 0.3 is 0 Å². The van der Waals surface area contributed by atoms with E-state index in [2.05, 4.69) is 11.8 Å². The molecule has 1 fully saturated rings. The highest BCUT2D eigenvalue weighted by Crippen LogP contribution is 2.43. The standard InChI is InChI=1S/C16H24N2O2S/c1-13-6-4-5-10-18(13)16(12-17)9-11-21(19,20)15-8-3-2-7-14(15)16/h2-3,7-8,13H,4-6,9-12,17H2,1H3. The summed E-state index contributed by atoms with van der Waals surface area (Å²) in [5, 5.41) is 0. The largest absolute Gasteiger partial charge is 0.328 e. The summed E-state index contributed by atoms with van der Waals surface area (Å²) in [7, 11) is -3.16. The molecule has 0 bridgehead atoms. The Morgan fingerprint density at radius 1 is 1.33 bits per heavy atom. The van der Waals surface area contributed by atoms with Crippen molar-refractivity contribution in [2.45, 2.75) is 49.1 Å². The minimum Gasteiger partial charge on any atom is -0.328 e. The molecule has 0 spiro atoms. The van der Waals surface area contributed by atoms with Crippen LogP contribution in [0, 0.1) is 0 Å². The van der Waals surface area contributed by atoms with Crippen LogP contribution in [0.25, 0.3) is 0 Å². The van der Waals surface area contributed by atoms with Gasteiger partial charge in [0.2, 0.25) is 0 Å². The maximum absolute atomic E-state index is 12.4. The number of fused-ring (bicyclic) bond motifs is 1. The first-order chi connectivity index (χ1) is 10.0. The monoisotopic (exact) mass is 308 g/mol. The van der Waals surface area contributed by atoms with Gasteiger partial charge in [0.1, 0.15) is 0 Å². The highest BCUT2D eigenvalue weighted by Gasteiger charge is 2.46. The summed E-state index contributed by atoms with van der Waals surface area (Å²) < 4.78 is 24.8. The molecule has 1 aromatic carbocycles. The molecule has 5 heteroatoms. The lowest BCUT2D eigenvalue weighted by Crippen LogP contribution is -2.58. The van der Waals surface area contributed by atoms with Crippen molar-refractivity contribution in [3.8, 4) is 0 Å². The average Bonchev–Trinajstić information content (AvgIpc) is 2.49. The molecule has 2 aliphatic rings. The molecule has 0 radical (unpaired) electrons. The lowest BCUT2D eigenvalue weighted by Gasteiger charge is -2.51. The van der Waals surface area contributed by atoms with Crippen molar-refractivity contribution in [2.75, 3.05) is 18.8 Å². The molecule has 1 aromatic rings. The molecule has 0 aliphatic carbocycles. The quantitative estimate of drug-likeness (QED) is 0.906. The number of nitrogens with zero attached hydrogens (tertiary/aromatic N) is 1. The van der Waals surface area contributed by atoms with Gasteiger partial charge in [-0.3, -0.25) is 4.90 Å². The fourth-order valence-electron chi connectivity index (χ4n) is 4.03. The van der Waals surface area contributed by atoms with Crippen LogP contribution in [0.5, 0.6) is 0 Å². The summed E-state index contributed by atoms with van der Waals surface area (Å²) >= 11 is 0. The Bertz CT molecular complexity index is 629. The molecule has 2 aliphatic heterocycles. The van der Waals surface area contributed by atoms with Crippen LogP contribution in [0.2, 0.25) is 0 Å². The van der Waals surface area contributed by atoms with E-state index in [1.54, 1.807) is 6.07 Å². The Labute approximate surface area is 127 Å². The third kappa shape index (κ3) is 2.31. The van der Waals surface area contributed by atoms with Crippen molar-refractivity contribution in [3.05, 3.63) is 29.8 Å². The van der Waals surface area contributed by atoms with Gasteiger partial charge in [-0.15, -0.1) is 0 Å². The second-order valence-electron chi connectivity index (χ2n) is 6.34. The van der Waals surface area contributed by atoms with E-state index in [0.717, 1.165) is 18.5 Å². The number of hydrogen-bond donors (Lipinski definition) is 1. The lowest BCUT2D eigenvalue weighted by atomic mass is 9.82. The SMILES string of the molecule is CC1CCCCN1C1(CN)CCS(=O)(=O)c2ccccc21. The number of sulfone groups is 1. The number of hydrogen-bond acceptors (Lipinski definition) is 4. The molecule has 0 amide bonds. The Hall–Kier alpha value is -0.910. The summed E-state index contributed by atoms with van der Waals surface area (Å²) in [4.78, 5) is 2.95. The van der Waals surface area contributed by atoms with Gasteiger partial charge in [-0.05, 0) is 44.4 Å². The van der Waals surface area contributed by atoms with Crippen LogP contribution in [0.3, 0.4) is 0 Å². The maximum Gasteiger partial charge on any atom is 0.178 e. The van der Waals surface area contributed by atoms with Crippen molar-refractivity contribution in [1.29, 1.82) is 0 Å². The molecule has 3 rings (SSSR count). The Morgan fingerprint density at radius 3 is 2.81 bits per heavy atom. The molecule has 21 heavy (non-hydrogen) atoms. The van der Waals surface area contributed by atoms with Crippen molar-refractivity contribution < 1.29 is 8.42 Å². The van der Waals surface area contributed by atoms with E-state index in [4.69, 9.17) is 5.73 Å². The highest BCUT2D eigenvalue weighted by atomic mass is 32.2. The van der Waals surface area contributed by atoms with Crippen LogP contribution in [0.15, 0.2) is 29.2 Å². The number of rotatable bonds is 2. The zero-order valence-electron chi connectivity index (χ0n) is 12.6. The first kappa shape index (κ1) is 15.0. The van der Waals surface area contributed by atoms with E-state index in [1.165, 1.54) is 12.8 Å². The zero-order valence-corrected chi connectivity index (χ0v) is 13.4. The molecular weight excluding hydrogens is 284 g/mol. The van der Waals surface area contributed by atoms with Gasteiger partial charge in [-0.1, -0.05) is 24.6 Å². The number of piperidine rings is 1.